The lowest BCUT2D eigenvalue weighted by atomic mass is 10.1. The molecule has 0 N–H and O–H groups in total. The lowest BCUT2D eigenvalue weighted by molar-refractivity contribution is 0.0652. The fraction of sp³-hybridized carbons (Fsp3) is 0.294. The van der Waals surface area contributed by atoms with Gasteiger partial charge in [-0.1, -0.05) is 23.5 Å². The van der Waals surface area contributed by atoms with Gasteiger partial charge in [0.1, 0.15) is 10.7 Å². The summed E-state index contributed by atoms with van der Waals surface area (Å²) in [5, 5.41) is 12.8. The maximum atomic E-state index is 12.3. The fourth-order valence-electron chi connectivity index (χ4n) is 2.92. The molecule has 0 radical (unpaired) electrons. The summed E-state index contributed by atoms with van der Waals surface area (Å²) in [5.74, 6) is -0.467. The van der Waals surface area contributed by atoms with E-state index in [1.807, 2.05) is 0 Å². The van der Waals surface area contributed by atoms with Gasteiger partial charge in [0.2, 0.25) is 4.96 Å². The molecule has 0 fully saturated rings. The predicted octanol–water partition coefficient (Wildman–Crippen LogP) is 1.47. The van der Waals surface area contributed by atoms with Gasteiger partial charge in [0.05, 0.1) is 11.1 Å². The van der Waals surface area contributed by atoms with Gasteiger partial charge in [0.15, 0.2) is 0 Å². The van der Waals surface area contributed by atoms with Crippen LogP contribution in [0.4, 0.5) is 0 Å². The van der Waals surface area contributed by atoms with Crippen molar-refractivity contribution in [3.8, 4) is 0 Å². The number of aromatic nitrogens is 4. The van der Waals surface area contributed by atoms with Crippen molar-refractivity contribution in [2.75, 3.05) is 6.54 Å². The molecule has 3 heterocycles. The number of carbonyl (C=O) groups is 2. The highest BCUT2D eigenvalue weighted by molar-refractivity contribution is 7.16. The normalized spacial score (nSPS) is 13.7. The van der Waals surface area contributed by atoms with Gasteiger partial charge in [-0.05, 0) is 31.9 Å². The van der Waals surface area contributed by atoms with Crippen molar-refractivity contribution >= 4 is 28.1 Å². The Labute approximate surface area is 152 Å². The van der Waals surface area contributed by atoms with Crippen LogP contribution in [-0.2, 0) is 6.42 Å². The van der Waals surface area contributed by atoms with Crippen molar-refractivity contribution in [2.45, 2.75) is 26.2 Å². The minimum atomic E-state index is -0.261. The third-order valence-electron chi connectivity index (χ3n) is 4.29. The Morgan fingerprint density at radius 1 is 1.00 bits per heavy atom. The number of hydrogen-bond donors (Lipinski definition) is 0. The summed E-state index contributed by atoms with van der Waals surface area (Å²) in [7, 11) is 0. The molecule has 26 heavy (non-hydrogen) atoms. The van der Waals surface area contributed by atoms with E-state index in [1.54, 1.807) is 31.2 Å². The highest BCUT2D eigenvalue weighted by Crippen LogP contribution is 2.23. The van der Waals surface area contributed by atoms with Crippen LogP contribution in [0.1, 0.15) is 44.3 Å². The molecule has 0 saturated carbocycles. The van der Waals surface area contributed by atoms with Gasteiger partial charge in [-0.3, -0.25) is 19.3 Å². The molecule has 1 aromatic carbocycles. The molecule has 2 amide bonds. The number of benzene rings is 1. The summed E-state index contributed by atoms with van der Waals surface area (Å²) in [6.07, 6.45) is 2.06. The van der Waals surface area contributed by atoms with Crippen LogP contribution in [0, 0.1) is 6.92 Å². The van der Waals surface area contributed by atoms with Crippen molar-refractivity contribution in [3.63, 3.8) is 0 Å². The quantitative estimate of drug-likeness (QED) is 0.499. The zero-order valence-electron chi connectivity index (χ0n) is 14.0. The minimum absolute atomic E-state index is 0.233. The first kappa shape index (κ1) is 16.5. The molecule has 2 aromatic heterocycles. The molecule has 1 aliphatic rings. The van der Waals surface area contributed by atoms with E-state index in [1.165, 1.54) is 20.8 Å². The van der Waals surface area contributed by atoms with Crippen LogP contribution in [0.5, 0.6) is 0 Å². The van der Waals surface area contributed by atoms with Gasteiger partial charge in [-0.15, -0.1) is 10.2 Å². The number of carbonyl (C=O) groups excluding carboxylic acids is 2. The highest BCUT2D eigenvalue weighted by Gasteiger charge is 2.34. The lowest BCUT2D eigenvalue weighted by Gasteiger charge is -2.12. The summed E-state index contributed by atoms with van der Waals surface area (Å²) < 4.78 is 1.27. The van der Waals surface area contributed by atoms with E-state index >= 15 is 0 Å². The molecule has 0 spiro atoms. The Kier molecular flexibility index (Phi) is 4.08. The van der Waals surface area contributed by atoms with Gasteiger partial charge in [0, 0.05) is 13.0 Å². The summed E-state index contributed by atoms with van der Waals surface area (Å²) in [6, 6.07) is 6.87. The Hall–Kier alpha value is -2.94. The van der Waals surface area contributed by atoms with Crippen LogP contribution in [0.15, 0.2) is 29.1 Å². The van der Waals surface area contributed by atoms with Gasteiger partial charge >= 0.3 is 0 Å². The predicted molar refractivity (Wildman–Crippen MR) is 94.4 cm³/mol. The van der Waals surface area contributed by atoms with Crippen molar-refractivity contribution < 1.29 is 9.59 Å². The zero-order valence-corrected chi connectivity index (χ0v) is 14.8. The fourth-order valence-corrected chi connectivity index (χ4v) is 3.79. The second-order valence-electron chi connectivity index (χ2n) is 6.05. The van der Waals surface area contributed by atoms with Crippen LogP contribution < -0.4 is 5.56 Å². The molecule has 4 rings (SSSR count). The number of rotatable bonds is 5. The SMILES string of the molecule is Cc1nnc2sc(CCCCN3C(=O)c4ccccc4C3=O)nn2c1=O. The Morgan fingerprint density at radius 3 is 2.38 bits per heavy atom. The number of amides is 2. The highest BCUT2D eigenvalue weighted by atomic mass is 32.1. The number of fused-ring (bicyclic) bond motifs is 2. The Bertz CT molecular complexity index is 1050. The summed E-state index contributed by atoms with van der Waals surface area (Å²) in [4.78, 5) is 38.3. The second-order valence-corrected chi connectivity index (χ2v) is 7.09. The number of aryl methyl sites for hydroxylation is 2. The van der Waals surface area contributed by atoms with Gasteiger partial charge in [-0.25, -0.2) is 0 Å². The molecule has 0 aliphatic carbocycles. The van der Waals surface area contributed by atoms with Crippen LogP contribution in [0.3, 0.4) is 0 Å². The van der Waals surface area contributed by atoms with E-state index in [2.05, 4.69) is 15.3 Å². The lowest BCUT2D eigenvalue weighted by Crippen LogP contribution is -2.30. The Morgan fingerprint density at radius 2 is 1.69 bits per heavy atom. The molecule has 8 nitrogen and oxygen atoms in total. The molecule has 0 bridgehead atoms. The average Bonchev–Trinajstić information content (AvgIpc) is 3.17. The van der Waals surface area contributed by atoms with Crippen molar-refractivity contribution in [2.24, 2.45) is 0 Å². The maximum absolute atomic E-state index is 12.3. The van der Waals surface area contributed by atoms with Crippen molar-refractivity contribution in [1.82, 2.24) is 24.7 Å². The number of unbranched alkanes of at least 4 members (excludes halogenated alkanes) is 1. The standard InChI is InChI=1S/C17H15N5O3S/c1-10-14(23)22-17(19-18-10)26-13(20-22)8-4-5-9-21-15(24)11-6-2-3-7-12(11)16(21)25/h2-3,6-7H,4-5,8-9H2,1H3. The van der Waals surface area contributed by atoms with E-state index in [0.29, 0.717) is 41.2 Å². The van der Waals surface area contributed by atoms with E-state index in [0.717, 1.165) is 11.4 Å². The van der Waals surface area contributed by atoms with E-state index in [-0.39, 0.29) is 17.4 Å². The van der Waals surface area contributed by atoms with Crippen LogP contribution in [-0.4, -0.2) is 43.1 Å². The first-order chi connectivity index (χ1) is 12.6. The van der Waals surface area contributed by atoms with Crippen molar-refractivity contribution in [3.05, 3.63) is 56.4 Å². The maximum Gasteiger partial charge on any atom is 0.296 e. The topological polar surface area (TPSA) is 97.5 Å². The largest absolute Gasteiger partial charge is 0.296 e. The number of imide groups is 1. The summed E-state index contributed by atoms with van der Waals surface area (Å²) in [6.45, 7) is 1.97. The van der Waals surface area contributed by atoms with E-state index < -0.39 is 0 Å². The Balaban J connectivity index is 1.38. The molecule has 1 aliphatic heterocycles. The number of hydrogen-bond acceptors (Lipinski definition) is 7. The smallest absolute Gasteiger partial charge is 0.274 e. The first-order valence-corrected chi connectivity index (χ1v) is 9.05. The number of nitrogens with zero attached hydrogens (tertiary/aromatic N) is 5. The first-order valence-electron chi connectivity index (χ1n) is 8.23. The van der Waals surface area contributed by atoms with Crippen LogP contribution >= 0.6 is 11.3 Å². The molecule has 0 unspecified atom stereocenters. The third-order valence-corrected chi connectivity index (χ3v) is 5.25. The molecular weight excluding hydrogens is 354 g/mol. The monoisotopic (exact) mass is 369 g/mol. The summed E-state index contributed by atoms with van der Waals surface area (Å²) >= 11 is 1.32. The minimum Gasteiger partial charge on any atom is -0.274 e. The summed E-state index contributed by atoms with van der Waals surface area (Å²) in [5.41, 5.74) is 0.988. The average molecular weight is 369 g/mol. The van der Waals surface area contributed by atoms with Crippen LogP contribution in [0.2, 0.25) is 0 Å². The van der Waals surface area contributed by atoms with E-state index in [9.17, 15) is 14.4 Å². The molecule has 0 saturated heterocycles. The second kappa shape index (κ2) is 6.41. The van der Waals surface area contributed by atoms with Gasteiger partial charge < -0.3 is 0 Å². The van der Waals surface area contributed by atoms with Crippen molar-refractivity contribution in [1.29, 1.82) is 0 Å². The zero-order chi connectivity index (χ0) is 18.3. The third kappa shape index (κ3) is 2.70. The molecule has 3 aromatic rings. The molecular formula is C17H15N5O3S. The molecule has 9 heteroatoms. The van der Waals surface area contributed by atoms with Gasteiger partial charge in [0.25, 0.3) is 17.4 Å². The van der Waals surface area contributed by atoms with Gasteiger partial charge in [-0.2, -0.15) is 9.61 Å². The molecule has 132 valence electrons. The van der Waals surface area contributed by atoms with Crippen LogP contribution in [0.25, 0.3) is 4.96 Å². The molecule has 0 atom stereocenters. The van der Waals surface area contributed by atoms with E-state index in [4.69, 9.17) is 0 Å².